The van der Waals surface area contributed by atoms with E-state index in [1.807, 2.05) is 12.1 Å². The van der Waals surface area contributed by atoms with Crippen molar-refractivity contribution < 1.29 is 28.6 Å². The molecule has 1 aromatic rings. The number of nitrogens with one attached hydrogen (secondary N) is 1. The molecule has 1 aliphatic rings. The van der Waals surface area contributed by atoms with Crippen LogP contribution in [-0.4, -0.2) is 62.9 Å². The molecular weight excluding hydrogens is 372 g/mol. The predicted octanol–water partition coefficient (Wildman–Crippen LogP) is 0.952. The van der Waals surface area contributed by atoms with Crippen LogP contribution in [0.25, 0.3) is 0 Å². The smallest absolute Gasteiger partial charge is 0.333 e. The number of methoxy groups -OCH3 is 3. The third-order valence-corrected chi connectivity index (χ3v) is 4.86. The molecule has 1 N–H and O–H groups in total. The number of carbonyl (C=O) groups is 3. The molecule has 146 valence electrons. The molecule has 0 aliphatic carbocycles. The van der Waals surface area contributed by atoms with Crippen LogP contribution in [0, 0.1) is 0 Å². The van der Waals surface area contributed by atoms with Crippen LogP contribution < -0.4 is 14.8 Å². The number of ether oxygens (including phenoxy) is 3. The van der Waals surface area contributed by atoms with E-state index >= 15 is 0 Å². The molecule has 0 aromatic heterocycles. The molecule has 1 aliphatic heterocycles. The van der Waals surface area contributed by atoms with Crippen LogP contribution in [0.2, 0.25) is 0 Å². The number of nitrogens with zero attached hydrogens (tertiary/aromatic N) is 1. The van der Waals surface area contributed by atoms with Gasteiger partial charge < -0.3 is 19.5 Å². The van der Waals surface area contributed by atoms with Crippen LogP contribution >= 0.6 is 11.8 Å². The van der Waals surface area contributed by atoms with Crippen molar-refractivity contribution in [2.24, 2.45) is 0 Å². The number of esters is 1. The van der Waals surface area contributed by atoms with Crippen LogP contribution in [0.1, 0.15) is 5.56 Å². The lowest BCUT2D eigenvalue weighted by Gasteiger charge is -2.16. The standard InChI is InChI=1S/C18H22N2O6S/c1-24-13-5-4-12(8-14(13)25-2)6-7-19-15(21)10-20-16(22)11-27-17(20)9-18(23)26-3/h4-5,8-9H,6-7,10-11H2,1-3H3,(H,19,21)/b17-9+. The summed E-state index contributed by atoms with van der Waals surface area (Å²) in [6.07, 6.45) is 1.81. The number of carbonyl (C=O) groups excluding carboxylic acids is 3. The molecule has 1 heterocycles. The largest absolute Gasteiger partial charge is 0.493 e. The van der Waals surface area contributed by atoms with Gasteiger partial charge in [-0.05, 0) is 24.1 Å². The fourth-order valence-corrected chi connectivity index (χ4v) is 3.37. The summed E-state index contributed by atoms with van der Waals surface area (Å²) in [6.45, 7) is 0.264. The molecule has 0 radical (unpaired) electrons. The molecule has 0 bridgehead atoms. The van der Waals surface area contributed by atoms with Gasteiger partial charge in [-0.25, -0.2) is 4.79 Å². The summed E-state index contributed by atoms with van der Waals surface area (Å²) in [6, 6.07) is 5.55. The maximum atomic E-state index is 12.2. The van der Waals surface area contributed by atoms with Gasteiger partial charge in [0.15, 0.2) is 11.5 Å². The van der Waals surface area contributed by atoms with E-state index in [2.05, 4.69) is 10.1 Å². The molecule has 2 amide bonds. The van der Waals surface area contributed by atoms with Gasteiger partial charge >= 0.3 is 5.97 Å². The van der Waals surface area contributed by atoms with Gasteiger partial charge in [0.25, 0.3) is 0 Å². The van der Waals surface area contributed by atoms with Crippen molar-refractivity contribution >= 4 is 29.5 Å². The molecule has 1 aromatic carbocycles. The zero-order chi connectivity index (χ0) is 19.8. The van der Waals surface area contributed by atoms with E-state index in [0.29, 0.717) is 29.5 Å². The molecule has 0 atom stereocenters. The van der Waals surface area contributed by atoms with Crippen LogP contribution in [0.5, 0.6) is 11.5 Å². The fourth-order valence-electron chi connectivity index (χ4n) is 2.44. The van der Waals surface area contributed by atoms with E-state index in [9.17, 15) is 14.4 Å². The SMILES string of the molecule is COC(=O)/C=C1/SCC(=O)N1CC(=O)NCCc1ccc(OC)c(OC)c1. The predicted molar refractivity (Wildman–Crippen MR) is 101 cm³/mol. The summed E-state index contributed by atoms with van der Waals surface area (Å²) in [5, 5.41) is 3.19. The topological polar surface area (TPSA) is 94.2 Å². The van der Waals surface area contributed by atoms with E-state index in [0.717, 1.165) is 5.56 Å². The molecule has 0 saturated carbocycles. The number of hydrogen-bond acceptors (Lipinski definition) is 7. The maximum Gasteiger partial charge on any atom is 0.333 e. The summed E-state index contributed by atoms with van der Waals surface area (Å²) in [4.78, 5) is 36.7. The Hall–Kier alpha value is -2.68. The third kappa shape index (κ3) is 5.65. The third-order valence-electron chi connectivity index (χ3n) is 3.84. The van der Waals surface area contributed by atoms with E-state index < -0.39 is 5.97 Å². The maximum absolute atomic E-state index is 12.2. The minimum Gasteiger partial charge on any atom is -0.493 e. The zero-order valence-corrected chi connectivity index (χ0v) is 16.3. The Balaban J connectivity index is 1.88. The summed E-state index contributed by atoms with van der Waals surface area (Å²) in [7, 11) is 4.39. The van der Waals surface area contributed by atoms with Gasteiger partial charge in [-0.3, -0.25) is 14.5 Å². The summed E-state index contributed by atoms with van der Waals surface area (Å²) < 4.78 is 15.0. The van der Waals surface area contributed by atoms with Gasteiger partial charge in [-0.1, -0.05) is 17.8 Å². The van der Waals surface area contributed by atoms with Crippen LogP contribution in [0.4, 0.5) is 0 Å². The van der Waals surface area contributed by atoms with Crippen molar-refractivity contribution in [1.82, 2.24) is 10.2 Å². The average molecular weight is 394 g/mol. The Labute approximate surface area is 161 Å². The number of benzene rings is 1. The second-order valence-electron chi connectivity index (χ2n) is 5.56. The first-order valence-electron chi connectivity index (χ1n) is 8.19. The molecule has 2 rings (SSSR count). The lowest BCUT2D eigenvalue weighted by molar-refractivity contribution is -0.135. The average Bonchev–Trinajstić information content (AvgIpc) is 3.00. The highest BCUT2D eigenvalue weighted by Crippen LogP contribution is 2.29. The lowest BCUT2D eigenvalue weighted by Crippen LogP contribution is -2.38. The van der Waals surface area contributed by atoms with Gasteiger partial charge in [0.05, 0.1) is 38.2 Å². The van der Waals surface area contributed by atoms with E-state index in [1.54, 1.807) is 20.3 Å². The summed E-state index contributed by atoms with van der Waals surface area (Å²) >= 11 is 1.20. The van der Waals surface area contributed by atoms with Gasteiger partial charge in [-0.2, -0.15) is 0 Å². The monoisotopic (exact) mass is 394 g/mol. The molecule has 1 saturated heterocycles. The highest BCUT2D eigenvalue weighted by molar-refractivity contribution is 8.04. The number of rotatable bonds is 8. The molecule has 9 heteroatoms. The van der Waals surface area contributed by atoms with Gasteiger partial charge in [-0.15, -0.1) is 0 Å². The first-order valence-corrected chi connectivity index (χ1v) is 9.17. The van der Waals surface area contributed by atoms with Crippen molar-refractivity contribution in [3.8, 4) is 11.5 Å². The molecule has 1 fully saturated rings. The summed E-state index contributed by atoms with van der Waals surface area (Å²) in [5.41, 5.74) is 0.979. The van der Waals surface area contributed by atoms with Crippen LogP contribution in [0.3, 0.4) is 0 Å². The highest BCUT2D eigenvalue weighted by atomic mass is 32.2. The van der Waals surface area contributed by atoms with Gasteiger partial charge in [0.1, 0.15) is 6.54 Å². The Morgan fingerprint density at radius 2 is 1.96 bits per heavy atom. The van der Waals surface area contributed by atoms with E-state index in [-0.39, 0.29) is 24.1 Å². The van der Waals surface area contributed by atoms with Crippen molar-refractivity contribution in [3.05, 3.63) is 34.9 Å². The molecule has 8 nitrogen and oxygen atoms in total. The van der Waals surface area contributed by atoms with E-state index in [1.165, 1.54) is 29.8 Å². The Kier molecular flexibility index (Phi) is 7.54. The van der Waals surface area contributed by atoms with Gasteiger partial charge in [0.2, 0.25) is 11.8 Å². The Morgan fingerprint density at radius 3 is 2.63 bits per heavy atom. The van der Waals surface area contributed by atoms with Crippen molar-refractivity contribution in [3.63, 3.8) is 0 Å². The number of amides is 2. The van der Waals surface area contributed by atoms with Crippen molar-refractivity contribution in [2.45, 2.75) is 6.42 Å². The normalized spacial score (nSPS) is 15.0. The highest BCUT2D eigenvalue weighted by Gasteiger charge is 2.29. The molecule has 0 spiro atoms. The Bertz CT molecular complexity index is 749. The number of hydrogen-bond donors (Lipinski definition) is 1. The Morgan fingerprint density at radius 1 is 1.22 bits per heavy atom. The zero-order valence-electron chi connectivity index (χ0n) is 15.4. The van der Waals surface area contributed by atoms with E-state index in [4.69, 9.17) is 9.47 Å². The summed E-state index contributed by atoms with van der Waals surface area (Å²) in [5.74, 6) is 0.374. The number of thioether (sulfide) groups is 1. The minimum absolute atomic E-state index is 0.138. The van der Waals surface area contributed by atoms with Gasteiger partial charge in [0, 0.05) is 6.54 Å². The second kappa shape index (κ2) is 9.86. The molecule has 27 heavy (non-hydrogen) atoms. The van der Waals surface area contributed by atoms with Crippen molar-refractivity contribution in [1.29, 1.82) is 0 Å². The fraction of sp³-hybridized carbons (Fsp3) is 0.389. The molecular formula is C18H22N2O6S. The molecule has 0 unspecified atom stereocenters. The van der Waals surface area contributed by atoms with Crippen LogP contribution in [0.15, 0.2) is 29.3 Å². The van der Waals surface area contributed by atoms with Crippen molar-refractivity contribution in [2.75, 3.05) is 40.2 Å². The second-order valence-corrected chi connectivity index (χ2v) is 6.56. The van der Waals surface area contributed by atoms with Crippen LogP contribution in [-0.2, 0) is 25.5 Å². The first kappa shape index (κ1) is 20.6. The lowest BCUT2D eigenvalue weighted by atomic mass is 10.1. The minimum atomic E-state index is -0.564. The first-order chi connectivity index (χ1) is 13.0. The quantitative estimate of drug-likeness (QED) is 0.518.